The molecule has 0 heterocycles. The molecule has 0 aromatic heterocycles. The molecule has 126 valence electrons. The summed E-state index contributed by atoms with van der Waals surface area (Å²) in [6, 6.07) is 4.63. The number of carbonyl (C=O) groups excluding carboxylic acids is 1. The highest BCUT2D eigenvalue weighted by molar-refractivity contribution is 7.98. The topological polar surface area (TPSA) is 64.4 Å². The van der Waals surface area contributed by atoms with Gasteiger partial charge in [0.05, 0.1) is 17.7 Å². The number of nitrogens with one attached hydrogen (secondary N) is 1. The summed E-state index contributed by atoms with van der Waals surface area (Å²) >= 11 is 13.5. The Hall–Kier alpha value is -0.330. The first-order valence-corrected chi connectivity index (χ1v) is 8.79. The fourth-order valence-electron chi connectivity index (χ4n) is 1.57. The first kappa shape index (κ1) is 21.7. The number of nitrogens with two attached hydrogens (primary N) is 1. The molecule has 8 heteroatoms. The average molecular weight is 388 g/mol. The molecular weight excluding hydrogens is 367 g/mol. The first-order valence-electron chi connectivity index (χ1n) is 6.64. The monoisotopic (exact) mass is 386 g/mol. The lowest BCUT2D eigenvalue weighted by Crippen LogP contribution is -2.41. The van der Waals surface area contributed by atoms with E-state index in [1.807, 2.05) is 6.26 Å². The van der Waals surface area contributed by atoms with Crippen LogP contribution in [0.25, 0.3) is 0 Å². The van der Waals surface area contributed by atoms with E-state index in [-0.39, 0.29) is 18.3 Å². The highest BCUT2D eigenvalue weighted by Gasteiger charge is 2.11. The maximum Gasteiger partial charge on any atom is 0.236 e. The maximum absolute atomic E-state index is 11.7. The maximum atomic E-state index is 11.7. The molecule has 1 aromatic carbocycles. The lowest BCUT2D eigenvalue weighted by atomic mass is 10.2. The molecule has 3 N–H and O–H groups in total. The number of hydrogen-bond acceptors (Lipinski definition) is 4. The summed E-state index contributed by atoms with van der Waals surface area (Å²) < 4.78 is 5.52. The van der Waals surface area contributed by atoms with Gasteiger partial charge in [-0.25, -0.2) is 0 Å². The molecule has 1 atom stereocenters. The van der Waals surface area contributed by atoms with E-state index in [4.69, 9.17) is 33.7 Å². The van der Waals surface area contributed by atoms with E-state index < -0.39 is 6.04 Å². The van der Waals surface area contributed by atoms with Crippen molar-refractivity contribution in [2.24, 2.45) is 5.73 Å². The zero-order valence-corrected chi connectivity index (χ0v) is 15.5. The van der Waals surface area contributed by atoms with Gasteiger partial charge in [-0.3, -0.25) is 4.79 Å². The van der Waals surface area contributed by atoms with Crippen molar-refractivity contribution < 1.29 is 9.53 Å². The summed E-state index contributed by atoms with van der Waals surface area (Å²) in [7, 11) is 0. The van der Waals surface area contributed by atoms with Crippen LogP contribution in [0.4, 0.5) is 0 Å². The second-order valence-corrected chi connectivity index (χ2v) is 6.28. The second-order valence-electron chi connectivity index (χ2n) is 4.46. The molecule has 4 nitrogen and oxygen atoms in total. The zero-order chi connectivity index (χ0) is 15.7. The first-order chi connectivity index (χ1) is 10.0. The molecule has 0 aliphatic heterocycles. The van der Waals surface area contributed by atoms with Crippen molar-refractivity contribution in [1.29, 1.82) is 0 Å². The summed E-state index contributed by atoms with van der Waals surface area (Å²) in [6.07, 6.45) is 3.35. The van der Waals surface area contributed by atoms with Crippen LogP contribution in [0.15, 0.2) is 18.2 Å². The van der Waals surface area contributed by atoms with Gasteiger partial charge in [0, 0.05) is 11.6 Å². The van der Waals surface area contributed by atoms with Crippen molar-refractivity contribution >= 4 is 53.3 Å². The van der Waals surface area contributed by atoms with Crippen molar-refractivity contribution in [3.8, 4) is 5.75 Å². The standard InChI is InChI=1S/C14H20Cl2N2O2S.ClH/c1-21-8-5-12(17)14(19)18-6-2-7-20-13-4-3-10(15)9-11(13)16;/h3-4,9,12H,2,5-8,17H2,1H3,(H,18,19);1H/t12-;/m0./s1. The number of hydrogen-bond donors (Lipinski definition) is 2. The summed E-state index contributed by atoms with van der Waals surface area (Å²) in [5.41, 5.74) is 5.76. The van der Waals surface area contributed by atoms with Crippen molar-refractivity contribution in [1.82, 2.24) is 5.32 Å². The minimum Gasteiger partial charge on any atom is -0.492 e. The number of amides is 1. The molecule has 1 rings (SSSR count). The molecule has 0 aliphatic carbocycles. The molecular formula is C14H21Cl3N2O2S. The number of rotatable bonds is 9. The predicted octanol–water partition coefficient (Wildman–Crippen LogP) is 3.38. The third-order valence-corrected chi connectivity index (χ3v) is 3.92. The normalized spacial score (nSPS) is 11.5. The Morgan fingerprint density at radius 3 is 2.82 bits per heavy atom. The highest BCUT2D eigenvalue weighted by Crippen LogP contribution is 2.27. The van der Waals surface area contributed by atoms with Crippen molar-refractivity contribution in [3.05, 3.63) is 28.2 Å². The molecule has 0 spiro atoms. The Bertz CT molecular complexity index is 464. The lowest BCUT2D eigenvalue weighted by Gasteiger charge is -2.12. The molecule has 1 aromatic rings. The van der Waals surface area contributed by atoms with Gasteiger partial charge in [-0.05, 0) is 43.0 Å². The van der Waals surface area contributed by atoms with Gasteiger partial charge >= 0.3 is 0 Å². The van der Waals surface area contributed by atoms with Gasteiger partial charge in [0.15, 0.2) is 0 Å². The van der Waals surface area contributed by atoms with Crippen molar-refractivity contribution in [2.75, 3.05) is 25.2 Å². The molecule has 0 bridgehead atoms. The summed E-state index contributed by atoms with van der Waals surface area (Å²) in [5.74, 6) is 1.35. The number of carbonyl (C=O) groups is 1. The minimum atomic E-state index is -0.441. The number of halogens is 3. The van der Waals surface area contributed by atoms with Crippen LogP contribution >= 0.6 is 47.4 Å². The van der Waals surface area contributed by atoms with E-state index in [1.54, 1.807) is 30.0 Å². The number of ether oxygens (including phenoxy) is 1. The van der Waals surface area contributed by atoms with E-state index >= 15 is 0 Å². The average Bonchev–Trinajstić information content (AvgIpc) is 2.46. The third-order valence-electron chi connectivity index (χ3n) is 2.74. The summed E-state index contributed by atoms with van der Waals surface area (Å²) in [5, 5.41) is 3.84. The molecule has 0 radical (unpaired) electrons. The molecule has 22 heavy (non-hydrogen) atoms. The third kappa shape index (κ3) is 8.34. The Kier molecular flexibility index (Phi) is 12.0. The van der Waals surface area contributed by atoms with Gasteiger partial charge in [0.1, 0.15) is 5.75 Å². The highest BCUT2D eigenvalue weighted by atomic mass is 35.5. The molecule has 0 unspecified atom stereocenters. The largest absolute Gasteiger partial charge is 0.492 e. The van der Waals surface area contributed by atoms with E-state index in [0.29, 0.717) is 41.8 Å². The summed E-state index contributed by atoms with van der Waals surface area (Å²) in [6.45, 7) is 0.985. The minimum absolute atomic E-state index is 0. The quantitative estimate of drug-likeness (QED) is 0.638. The van der Waals surface area contributed by atoms with E-state index in [0.717, 1.165) is 5.75 Å². The fourth-order valence-corrected chi connectivity index (χ4v) is 2.52. The SMILES string of the molecule is CSCC[C@H](N)C(=O)NCCCOc1ccc(Cl)cc1Cl.Cl. The van der Waals surface area contributed by atoms with Crippen LogP contribution in [-0.4, -0.2) is 37.1 Å². The van der Waals surface area contributed by atoms with Gasteiger partial charge in [-0.1, -0.05) is 23.2 Å². The van der Waals surface area contributed by atoms with Crippen molar-refractivity contribution in [2.45, 2.75) is 18.9 Å². The Morgan fingerprint density at radius 1 is 1.45 bits per heavy atom. The van der Waals surface area contributed by atoms with Crippen LogP contribution in [0.1, 0.15) is 12.8 Å². The molecule has 0 fully saturated rings. The molecule has 0 saturated heterocycles. The van der Waals surface area contributed by atoms with Crippen LogP contribution in [0.5, 0.6) is 5.75 Å². The Labute approximate surface area is 151 Å². The Balaban J connectivity index is 0.00000441. The van der Waals surface area contributed by atoms with Gasteiger partial charge in [0.2, 0.25) is 5.91 Å². The molecule has 0 saturated carbocycles. The van der Waals surface area contributed by atoms with Gasteiger partial charge in [-0.2, -0.15) is 11.8 Å². The fraction of sp³-hybridized carbons (Fsp3) is 0.500. The van der Waals surface area contributed by atoms with Crippen LogP contribution < -0.4 is 15.8 Å². The van der Waals surface area contributed by atoms with Gasteiger partial charge < -0.3 is 15.8 Å². The van der Waals surface area contributed by atoms with Crippen molar-refractivity contribution in [3.63, 3.8) is 0 Å². The molecule has 1 amide bonds. The van der Waals surface area contributed by atoms with Crippen LogP contribution in [0, 0.1) is 0 Å². The van der Waals surface area contributed by atoms with Crippen LogP contribution in [0.2, 0.25) is 10.0 Å². The van der Waals surface area contributed by atoms with Gasteiger partial charge in [0.25, 0.3) is 0 Å². The van der Waals surface area contributed by atoms with E-state index in [1.165, 1.54) is 0 Å². The van der Waals surface area contributed by atoms with Gasteiger partial charge in [-0.15, -0.1) is 12.4 Å². The summed E-state index contributed by atoms with van der Waals surface area (Å²) in [4.78, 5) is 11.7. The second kappa shape index (κ2) is 12.1. The smallest absolute Gasteiger partial charge is 0.236 e. The van der Waals surface area contributed by atoms with Crippen LogP contribution in [0.3, 0.4) is 0 Å². The predicted molar refractivity (Wildman–Crippen MR) is 97.8 cm³/mol. The van der Waals surface area contributed by atoms with E-state index in [9.17, 15) is 4.79 Å². The molecule has 0 aliphatic rings. The number of benzene rings is 1. The van der Waals surface area contributed by atoms with E-state index in [2.05, 4.69) is 5.32 Å². The van der Waals surface area contributed by atoms with Crippen LogP contribution in [-0.2, 0) is 4.79 Å². The lowest BCUT2D eigenvalue weighted by molar-refractivity contribution is -0.122. The Morgan fingerprint density at radius 2 is 2.18 bits per heavy atom. The number of thioether (sulfide) groups is 1. The zero-order valence-electron chi connectivity index (χ0n) is 12.3.